The highest BCUT2D eigenvalue weighted by Gasteiger charge is 2.33. The molecule has 1 unspecified atom stereocenters. The molecule has 1 fully saturated rings. The van der Waals surface area contributed by atoms with E-state index in [0.29, 0.717) is 31.7 Å². The molecule has 2 heterocycles. The van der Waals surface area contributed by atoms with Gasteiger partial charge >= 0.3 is 0 Å². The van der Waals surface area contributed by atoms with E-state index in [9.17, 15) is 9.59 Å². The first-order valence-electron chi connectivity index (χ1n) is 7.93. The molecule has 0 saturated carbocycles. The van der Waals surface area contributed by atoms with E-state index in [1.807, 2.05) is 35.2 Å². The van der Waals surface area contributed by atoms with Crippen molar-refractivity contribution in [3.63, 3.8) is 0 Å². The Labute approximate surface area is 140 Å². The fraction of sp³-hybridized carbons (Fsp3) is 0.353. The van der Waals surface area contributed by atoms with Crippen molar-refractivity contribution in [2.75, 3.05) is 19.6 Å². The third-order valence-corrected chi connectivity index (χ3v) is 4.40. The lowest BCUT2D eigenvalue weighted by molar-refractivity contribution is -0.125. The minimum absolute atomic E-state index is 0.119. The molecule has 126 valence electrons. The third-order valence-electron chi connectivity index (χ3n) is 4.40. The first kappa shape index (κ1) is 16.2. The molecule has 7 heteroatoms. The highest BCUT2D eigenvalue weighted by molar-refractivity contribution is 5.95. The normalized spacial score (nSPS) is 18.5. The van der Waals surface area contributed by atoms with Gasteiger partial charge in [0.05, 0.1) is 11.8 Å². The molecule has 0 aliphatic carbocycles. The molecule has 0 radical (unpaired) electrons. The minimum Gasteiger partial charge on any atom is -0.368 e. The fourth-order valence-corrected chi connectivity index (χ4v) is 3.02. The number of piperazine rings is 1. The van der Waals surface area contributed by atoms with Crippen molar-refractivity contribution >= 4 is 11.8 Å². The smallest absolute Gasteiger partial charge is 0.257 e. The van der Waals surface area contributed by atoms with Crippen LogP contribution in [0.25, 0.3) is 0 Å². The number of nitrogens with one attached hydrogen (secondary N) is 1. The van der Waals surface area contributed by atoms with Crippen LogP contribution in [-0.4, -0.2) is 57.5 Å². The Bertz CT molecular complexity index is 728. The zero-order chi connectivity index (χ0) is 17.1. The molecule has 24 heavy (non-hydrogen) atoms. The average Bonchev–Trinajstić information content (AvgIpc) is 3.01. The second kappa shape index (κ2) is 6.84. The molecule has 1 aliphatic heterocycles. The summed E-state index contributed by atoms with van der Waals surface area (Å²) in [5, 5.41) is 6.65. The molecule has 1 atom stereocenters. The van der Waals surface area contributed by atoms with Crippen LogP contribution in [0.4, 0.5) is 0 Å². The minimum atomic E-state index is -0.491. The summed E-state index contributed by atoms with van der Waals surface area (Å²) in [6.45, 7) is 3.90. The number of nitrogens with two attached hydrogens (primary N) is 1. The molecule has 1 aromatic heterocycles. The quantitative estimate of drug-likeness (QED) is 0.856. The maximum absolute atomic E-state index is 12.6. The van der Waals surface area contributed by atoms with E-state index in [2.05, 4.69) is 10.2 Å². The highest BCUT2D eigenvalue weighted by atomic mass is 16.2. The molecule has 1 saturated heterocycles. The van der Waals surface area contributed by atoms with Crippen molar-refractivity contribution in [2.45, 2.75) is 19.5 Å². The number of primary amides is 1. The number of hydrogen-bond acceptors (Lipinski definition) is 4. The fourth-order valence-electron chi connectivity index (χ4n) is 3.02. The summed E-state index contributed by atoms with van der Waals surface area (Å²) in [5.41, 5.74) is 7.97. The largest absolute Gasteiger partial charge is 0.368 e. The predicted octanol–water partition coefficient (Wildman–Crippen LogP) is 0.530. The van der Waals surface area contributed by atoms with E-state index < -0.39 is 11.9 Å². The van der Waals surface area contributed by atoms with Crippen molar-refractivity contribution in [2.24, 2.45) is 5.73 Å². The lowest BCUT2D eigenvalue weighted by atomic mass is 10.1. The number of benzene rings is 1. The van der Waals surface area contributed by atoms with Gasteiger partial charge in [0, 0.05) is 31.9 Å². The lowest BCUT2D eigenvalue weighted by Crippen LogP contribution is -2.58. The van der Waals surface area contributed by atoms with Crippen LogP contribution in [0.2, 0.25) is 0 Å². The number of aryl methyl sites for hydroxylation is 1. The van der Waals surface area contributed by atoms with E-state index in [-0.39, 0.29) is 5.91 Å². The van der Waals surface area contributed by atoms with Crippen LogP contribution in [0, 0.1) is 6.92 Å². The molecule has 2 aromatic rings. The van der Waals surface area contributed by atoms with Crippen molar-refractivity contribution in [1.82, 2.24) is 20.0 Å². The van der Waals surface area contributed by atoms with E-state index in [4.69, 9.17) is 5.73 Å². The highest BCUT2D eigenvalue weighted by Crippen LogP contribution is 2.17. The number of amides is 2. The number of aromatic amines is 1. The first-order chi connectivity index (χ1) is 11.6. The topological polar surface area (TPSA) is 95.3 Å². The van der Waals surface area contributed by atoms with E-state index in [1.165, 1.54) is 6.20 Å². The molecular weight excluding hydrogens is 306 g/mol. The second-order valence-electron chi connectivity index (χ2n) is 6.03. The van der Waals surface area contributed by atoms with Gasteiger partial charge in [-0.3, -0.25) is 19.6 Å². The summed E-state index contributed by atoms with van der Waals surface area (Å²) in [4.78, 5) is 28.2. The van der Waals surface area contributed by atoms with Gasteiger partial charge in [-0.15, -0.1) is 0 Å². The Morgan fingerprint density at radius 1 is 1.29 bits per heavy atom. The van der Waals surface area contributed by atoms with Gasteiger partial charge in [0.15, 0.2) is 0 Å². The summed E-state index contributed by atoms with van der Waals surface area (Å²) < 4.78 is 0. The summed E-state index contributed by atoms with van der Waals surface area (Å²) >= 11 is 0. The van der Waals surface area contributed by atoms with Crippen molar-refractivity contribution < 1.29 is 9.59 Å². The SMILES string of the molecule is Cc1[nH]ncc1C(=O)N1CCN(Cc2ccccc2)C(C(N)=O)C1. The molecule has 7 nitrogen and oxygen atoms in total. The number of carbonyl (C=O) groups is 2. The predicted molar refractivity (Wildman–Crippen MR) is 89.1 cm³/mol. The van der Waals surface area contributed by atoms with Gasteiger partial charge in [0.25, 0.3) is 5.91 Å². The van der Waals surface area contributed by atoms with Gasteiger partial charge in [-0.1, -0.05) is 30.3 Å². The maximum Gasteiger partial charge on any atom is 0.257 e. The van der Waals surface area contributed by atoms with Crippen molar-refractivity contribution in [1.29, 1.82) is 0 Å². The Morgan fingerprint density at radius 2 is 2.04 bits per heavy atom. The number of aromatic nitrogens is 2. The Kier molecular flexibility index (Phi) is 4.61. The summed E-state index contributed by atoms with van der Waals surface area (Å²) in [5.74, 6) is -0.529. The van der Waals surface area contributed by atoms with Crippen LogP contribution in [-0.2, 0) is 11.3 Å². The monoisotopic (exact) mass is 327 g/mol. The van der Waals surface area contributed by atoms with Gasteiger partial charge in [-0.25, -0.2) is 0 Å². The summed E-state index contributed by atoms with van der Waals surface area (Å²) in [6.07, 6.45) is 1.52. The van der Waals surface area contributed by atoms with Gasteiger partial charge in [-0.2, -0.15) is 5.10 Å². The molecule has 1 aromatic carbocycles. The Morgan fingerprint density at radius 3 is 2.67 bits per heavy atom. The first-order valence-corrected chi connectivity index (χ1v) is 7.93. The Hall–Kier alpha value is -2.67. The molecule has 0 bridgehead atoms. The van der Waals surface area contributed by atoms with E-state index >= 15 is 0 Å². The van der Waals surface area contributed by atoms with Gasteiger partial charge in [0.2, 0.25) is 5.91 Å². The lowest BCUT2D eigenvalue weighted by Gasteiger charge is -2.39. The van der Waals surface area contributed by atoms with Gasteiger partial charge in [0.1, 0.15) is 6.04 Å². The van der Waals surface area contributed by atoms with Crippen LogP contribution >= 0.6 is 0 Å². The van der Waals surface area contributed by atoms with E-state index in [1.54, 1.807) is 11.8 Å². The zero-order valence-electron chi connectivity index (χ0n) is 13.6. The molecule has 3 rings (SSSR count). The zero-order valence-corrected chi connectivity index (χ0v) is 13.6. The van der Waals surface area contributed by atoms with Crippen molar-refractivity contribution in [3.05, 3.63) is 53.3 Å². The number of hydrogen-bond donors (Lipinski definition) is 2. The van der Waals surface area contributed by atoms with Gasteiger partial charge in [-0.05, 0) is 12.5 Å². The number of H-pyrrole nitrogens is 1. The molecule has 2 amide bonds. The molecule has 1 aliphatic rings. The average molecular weight is 327 g/mol. The molecular formula is C17H21N5O2. The summed E-state index contributed by atoms with van der Waals surface area (Å²) in [7, 11) is 0. The van der Waals surface area contributed by atoms with Crippen LogP contribution < -0.4 is 5.73 Å². The van der Waals surface area contributed by atoms with E-state index in [0.717, 1.165) is 11.3 Å². The number of carbonyl (C=O) groups excluding carboxylic acids is 2. The molecule has 3 N–H and O–H groups in total. The van der Waals surface area contributed by atoms with Gasteiger partial charge < -0.3 is 10.6 Å². The number of nitrogens with zero attached hydrogens (tertiary/aromatic N) is 3. The third kappa shape index (κ3) is 3.30. The van der Waals surface area contributed by atoms with Crippen LogP contribution in [0.1, 0.15) is 21.6 Å². The van der Waals surface area contributed by atoms with Crippen molar-refractivity contribution in [3.8, 4) is 0 Å². The second-order valence-corrected chi connectivity index (χ2v) is 6.03. The summed E-state index contributed by atoms with van der Waals surface area (Å²) in [6, 6.07) is 9.44. The standard InChI is InChI=1S/C17H21N5O2/c1-12-14(9-19-20-12)17(24)22-8-7-21(15(11-22)16(18)23)10-13-5-3-2-4-6-13/h2-6,9,15H,7-8,10-11H2,1H3,(H2,18,23)(H,19,20). The number of rotatable bonds is 4. The maximum atomic E-state index is 12.6. The molecule has 0 spiro atoms. The Balaban J connectivity index is 1.73. The van der Waals surface area contributed by atoms with Crippen LogP contribution in [0.5, 0.6) is 0 Å². The van der Waals surface area contributed by atoms with Crippen LogP contribution in [0.3, 0.4) is 0 Å². The van der Waals surface area contributed by atoms with Crippen LogP contribution in [0.15, 0.2) is 36.5 Å².